The normalized spacial score (nSPS) is 31.6. The summed E-state index contributed by atoms with van der Waals surface area (Å²) in [7, 11) is 0. The maximum atomic E-state index is 13.0. The molecular formula is C16H24N2O3. The Labute approximate surface area is 125 Å². The zero-order chi connectivity index (χ0) is 15.3. The van der Waals surface area contributed by atoms with E-state index in [9.17, 15) is 14.4 Å². The summed E-state index contributed by atoms with van der Waals surface area (Å²) in [6.07, 6.45) is 6.86. The van der Waals surface area contributed by atoms with Crippen molar-refractivity contribution in [1.82, 2.24) is 10.2 Å². The molecule has 0 aromatic carbocycles. The van der Waals surface area contributed by atoms with Crippen LogP contribution in [0.25, 0.3) is 0 Å². The van der Waals surface area contributed by atoms with E-state index >= 15 is 0 Å². The van der Waals surface area contributed by atoms with Crippen molar-refractivity contribution >= 4 is 17.8 Å². The molecule has 116 valence electrons. The summed E-state index contributed by atoms with van der Waals surface area (Å²) in [4.78, 5) is 39.1. The van der Waals surface area contributed by atoms with E-state index in [1.54, 1.807) is 0 Å². The van der Waals surface area contributed by atoms with Gasteiger partial charge in [-0.15, -0.1) is 0 Å². The van der Waals surface area contributed by atoms with Crippen LogP contribution in [0.4, 0.5) is 4.79 Å². The lowest BCUT2D eigenvalue weighted by Crippen LogP contribution is -2.67. The van der Waals surface area contributed by atoms with Crippen molar-refractivity contribution in [3.63, 3.8) is 0 Å². The van der Waals surface area contributed by atoms with Gasteiger partial charge in [-0.1, -0.05) is 39.5 Å². The standard InChI is InChI=1S/C16H24N2O3/c1-15(2)8-6-7-11(15)18-13(20)16(9-4-3-5-10-16)12(19)17-14(18)21/h11H,3-10H2,1-2H3,(H,17,19,21). The summed E-state index contributed by atoms with van der Waals surface area (Å²) >= 11 is 0. The molecule has 2 aliphatic carbocycles. The second-order valence-electron chi connectivity index (χ2n) is 7.47. The van der Waals surface area contributed by atoms with Crippen molar-refractivity contribution < 1.29 is 14.4 Å². The van der Waals surface area contributed by atoms with Crippen molar-refractivity contribution in [3.8, 4) is 0 Å². The summed E-state index contributed by atoms with van der Waals surface area (Å²) in [5.74, 6) is -0.611. The molecule has 0 radical (unpaired) electrons. The summed E-state index contributed by atoms with van der Waals surface area (Å²) in [5, 5.41) is 2.46. The van der Waals surface area contributed by atoms with Crippen LogP contribution in [0.15, 0.2) is 0 Å². The van der Waals surface area contributed by atoms with Gasteiger partial charge in [-0.05, 0) is 31.1 Å². The van der Waals surface area contributed by atoms with Crippen molar-refractivity contribution in [2.24, 2.45) is 10.8 Å². The van der Waals surface area contributed by atoms with Crippen LogP contribution in [0.1, 0.15) is 65.2 Å². The summed E-state index contributed by atoms with van der Waals surface area (Å²) in [6.45, 7) is 4.21. The molecule has 3 rings (SSSR count). The highest BCUT2D eigenvalue weighted by Gasteiger charge is 2.57. The Hall–Kier alpha value is -1.39. The SMILES string of the molecule is CC1(C)CCCC1N1C(=O)NC(=O)C2(CCCCC2)C1=O. The van der Waals surface area contributed by atoms with E-state index < -0.39 is 11.4 Å². The molecule has 3 fully saturated rings. The maximum Gasteiger partial charge on any atom is 0.331 e. The number of nitrogens with zero attached hydrogens (tertiary/aromatic N) is 1. The van der Waals surface area contributed by atoms with Crippen LogP contribution in [0.5, 0.6) is 0 Å². The third-order valence-electron chi connectivity index (χ3n) is 5.72. The van der Waals surface area contributed by atoms with Gasteiger partial charge in [0, 0.05) is 6.04 Å². The third kappa shape index (κ3) is 2.09. The monoisotopic (exact) mass is 292 g/mol. The van der Waals surface area contributed by atoms with E-state index in [-0.39, 0.29) is 23.3 Å². The predicted molar refractivity (Wildman–Crippen MR) is 77.3 cm³/mol. The molecule has 1 atom stereocenters. The van der Waals surface area contributed by atoms with Gasteiger partial charge in [0.25, 0.3) is 0 Å². The molecule has 1 spiro atoms. The van der Waals surface area contributed by atoms with Crippen LogP contribution in [0.2, 0.25) is 0 Å². The van der Waals surface area contributed by atoms with Crippen LogP contribution in [-0.4, -0.2) is 28.8 Å². The van der Waals surface area contributed by atoms with Gasteiger partial charge >= 0.3 is 6.03 Å². The number of carbonyl (C=O) groups excluding carboxylic acids is 3. The van der Waals surface area contributed by atoms with Gasteiger partial charge in [-0.3, -0.25) is 19.8 Å². The first kappa shape index (κ1) is 14.5. The van der Waals surface area contributed by atoms with Gasteiger partial charge in [0.2, 0.25) is 11.8 Å². The molecule has 3 aliphatic rings. The van der Waals surface area contributed by atoms with Crippen molar-refractivity contribution in [2.45, 2.75) is 71.3 Å². The van der Waals surface area contributed by atoms with Crippen molar-refractivity contribution in [1.29, 1.82) is 0 Å². The molecule has 0 bridgehead atoms. The van der Waals surface area contributed by atoms with Crippen LogP contribution in [-0.2, 0) is 9.59 Å². The highest BCUT2D eigenvalue weighted by atomic mass is 16.2. The Morgan fingerprint density at radius 3 is 2.24 bits per heavy atom. The Bertz CT molecular complexity index is 492. The largest absolute Gasteiger partial charge is 0.331 e. The van der Waals surface area contributed by atoms with Gasteiger partial charge in [0.15, 0.2) is 0 Å². The summed E-state index contributed by atoms with van der Waals surface area (Å²) < 4.78 is 0. The fourth-order valence-corrected chi connectivity index (χ4v) is 4.36. The Kier molecular flexibility index (Phi) is 3.34. The average Bonchev–Trinajstić information content (AvgIpc) is 2.78. The molecule has 0 aromatic heterocycles. The lowest BCUT2D eigenvalue weighted by Gasteiger charge is -2.46. The summed E-state index contributed by atoms with van der Waals surface area (Å²) in [5.41, 5.74) is -1.05. The first-order valence-corrected chi connectivity index (χ1v) is 8.08. The third-order valence-corrected chi connectivity index (χ3v) is 5.72. The Balaban J connectivity index is 1.95. The molecule has 1 aliphatic heterocycles. The van der Waals surface area contributed by atoms with E-state index in [0.29, 0.717) is 12.8 Å². The van der Waals surface area contributed by atoms with E-state index in [1.807, 2.05) is 0 Å². The topological polar surface area (TPSA) is 66.5 Å². The zero-order valence-corrected chi connectivity index (χ0v) is 12.9. The molecule has 4 amide bonds. The van der Waals surface area contributed by atoms with Gasteiger partial charge in [-0.2, -0.15) is 0 Å². The lowest BCUT2D eigenvalue weighted by atomic mass is 9.70. The number of amides is 4. The number of barbiturate groups is 1. The first-order valence-electron chi connectivity index (χ1n) is 8.08. The fraction of sp³-hybridized carbons (Fsp3) is 0.812. The molecule has 21 heavy (non-hydrogen) atoms. The fourth-order valence-electron chi connectivity index (χ4n) is 4.36. The first-order chi connectivity index (χ1) is 9.88. The molecular weight excluding hydrogens is 268 g/mol. The number of hydrogen-bond acceptors (Lipinski definition) is 3. The molecule has 1 heterocycles. The molecule has 5 nitrogen and oxygen atoms in total. The molecule has 2 saturated carbocycles. The van der Waals surface area contributed by atoms with Gasteiger partial charge < -0.3 is 0 Å². The number of urea groups is 1. The van der Waals surface area contributed by atoms with E-state index in [0.717, 1.165) is 38.5 Å². The highest BCUT2D eigenvalue weighted by Crippen LogP contribution is 2.46. The maximum absolute atomic E-state index is 13.0. The number of rotatable bonds is 1. The minimum Gasteiger partial charge on any atom is -0.277 e. The van der Waals surface area contributed by atoms with E-state index in [2.05, 4.69) is 19.2 Å². The van der Waals surface area contributed by atoms with Crippen LogP contribution >= 0.6 is 0 Å². The smallest absolute Gasteiger partial charge is 0.277 e. The van der Waals surface area contributed by atoms with E-state index in [1.165, 1.54) is 4.90 Å². The molecule has 1 saturated heterocycles. The minimum absolute atomic E-state index is 0.0662. The molecule has 0 aromatic rings. The number of nitrogens with one attached hydrogen (secondary N) is 1. The minimum atomic E-state index is -0.981. The Morgan fingerprint density at radius 2 is 1.67 bits per heavy atom. The van der Waals surface area contributed by atoms with Gasteiger partial charge in [-0.25, -0.2) is 4.79 Å². The van der Waals surface area contributed by atoms with Gasteiger partial charge in [0.1, 0.15) is 5.41 Å². The van der Waals surface area contributed by atoms with Gasteiger partial charge in [0.05, 0.1) is 0 Å². The van der Waals surface area contributed by atoms with Crippen LogP contribution < -0.4 is 5.32 Å². The summed E-state index contributed by atoms with van der Waals surface area (Å²) in [6, 6.07) is -0.599. The second-order valence-corrected chi connectivity index (χ2v) is 7.47. The number of imide groups is 2. The average molecular weight is 292 g/mol. The number of hydrogen-bond donors (Lipinski definition) is 1. The molecule has 1 N–H and O–H groups in total. The van der Waals surface area contributed by atoms with Crippen LogP contribution in [0.3, 0.4) is 0 Å². The lowest BCUT2D eigenvalue weighted by molar-refractivity contribution is -0.156. The quantitative estimate of drug-likeness (QED) is 0.755. The Morgan fingerprint density at radius 1 is 1.00 bits per heavy atom. The van der Waals surface area contributed by atoms with E-state index in [4.69, 9.17) is 0 Å². The predicted octanol–water partition coefficient (Wildman–Crippen LogP) is 2.59. The molecule has 5 heteroatoms. The zero-order valence-electron chi connectivity index (χ0n) is 12.9. The highest BCUT2D eigenvalue weighted by molar-refractivity contribution is 6.19. The van der Waals surface area contributed by atoms with Crippen molar-refractivity contribution in [2.75, 3.05) is 0 Å². The molecule has 1 unspecified atom stereocenters. The van der Waals surface area contributed by atoms with Crippen molar-refractivity contribution in [3.05, 3.63) is 0 Å². The number of carbonyl (C=O) groups is 3. The van der Waals surface area contributed by atoms with Crippen LogP contribution in [0, 0.1) is 10.8 Å². The second kappa shape index (κ2) is 4.82.